The Labute approximate surface area is 544 Å². The summed E-state index contributed by atoms with van der Waals surface area (Å²) in [6.45, 7) is 4.91. The number of carbonyl (C=O) groups excluding carboxylic acids is 2. The van der Waals surface area contributed by atoms with Crippen molar-refractivity contribution in [1.82, 2.24) is 5.32 Å². The lowest BCUT2D eigenvalue weighted by Gasteiger charge is -2.20. The largest absolute Gasteiger partial charge is 0.466 e. The average Bonchev–Trinajstić information content (AvgIpc) is 3.54. The number of rotatable bonds is 75. The third-order valence-electron chi connectivity index (χ3n) is 18.7. The average molecular weight is 1220 g/mol. The summed E-state index contributed by atoms with van der Waals surface area (Å²) in [5.74, 6) is -0.0398. The topological polar surface area (TPSA) is 95.9 Å². The van der Waals surface area contributed by atoms with E-state index < -0.39 is 12.1 Å². The zero-order valence-corrected chi connectivity index (χ0v) is 59.0. The molecule has 0 spiro atoms. The fourth-order valence-corrected chi connectivity index (χ4v) is 12.6. The predicted molar refractivity (Wildman–Crippen MR) is 384 cm³/mol. The Morgan fingerprint density at radius 1 is 0.322 bits per heavy atom. The van der Waals surface area contributed by atoms with E-state index in [1.54, 1.807) is 6.08 Å². The number of aliphatic hydroxyl groups excluding tert-OH is 2. The summed E-state index contributed by atoms with van der Waals surface area (Å²) in [4.78, 5) is 24.6. The summed E-state index contributed by atoms with van der Waals surface area (Å²) in [7, 11) is 0. The Morgan fingerprint density at radius 3 is 0.897 bits per heavy atom. The summed E-state index contributed by atoms with van der Waals surface area (Å²) in [5.41, 5.74) is 0. The van der Waals surface area contributed by atoms with E-state index in [2.05, 4.69) is 43.5 Å². The Hall–Kier alpha value is -1.92. The molecular weight excluding hydrogens is 1070 g/mol. The molecule has 0 aliphatic carbocycles. The van der Waals surface area contributed by atoms with E-state index in [0.29, 0.717) is 19.4 Å². The van der Waals surface area contributed by atoms with Crippen LogP contribution in [0.2, 0.25) is 0 Å². The van der Waals surface area contributed by atoms with Crippen LogP contribution in [0, 0.1) is 0 Å². The molecule has 0 radical (unpaired) electrons. The minimum atomic E-state index is -0.839. The van der Waals surface area contributed by atoms with Gasteiger partial charge in [-0.2, -0.15) is 0 Å². The van der Waals surface area contributed by atoms with Gasteiger partial charge in [-0.1, -0.05) is 403 Å². The maximum Gasteiger partial charge on any atom is 0.305 e. The molecule has 2 atom stereocenters. The van der Waals surface area contributed by atoms with Crippen LogP contribution < -0.4 is 5.32 Å². The van der Waals surface area contributed by atoms with Crippen molar-refractivity contribution < 1.29 is 24.5 Å². The maximum absolute atomic E-state index is 12.5. The number of allylic oxidation sites excluding steroid dienone is 5. The van der Waals surface area contributed by atoms with E-state index in [-0.39, 0.29) is 18.5 Å². The molecule has 6 heteroatoms. The summed E-state index contributed by atoms with van der Waals surface area (Å²) < 4.78 is 5.52. The predicted octanol–water partition coefficient (Wildman–Crippen LogP) is 26.2. The quantitative estimate of drug-likeness (QED) is 0.0320. The zero-order chi connectivity index (χ0) is 62.8. The number of hydrogen-bond acceptors (Lipinski definition) is 5. The summed E-state index contributed by atoms with van der Waals surface area (Å²) in [6.07, 6.45) is 100. The van der Waals surface area contributed by atoms with E-state index >= 15 is 0 Å². The molecule has 0 aromatic rings. The first-order valence-corrected chi connectivity index (χ1v) is 39.8. The van der Waals surface area contributed by atoms with Crippen LogP contribution in [0.1, 0.15) is 444 Å². The Kier molecular flexibility index (Phi) is 74.8. The van der Waals surface area contributed by atoms with Crippen LogP contribution in [-0.4, -0.2) is 47.4 Å². The molecule has 87 heavy (non-hydrogen) atoms. The minimum Gasteiger partial charge on any atom is -0.466 e. The highest BCUT2D eigenvalue weighted by Gasteiger charge is 2.18. The molecule has 0 aromatic carbocycles. The second-order valence-electron chi connectivity index (χ2n) is 27.4. The standard InChI is InChI=1S/C81H155NO5/c1-3-5-7-9-11-13-15-17-18-19-41-45-48-51-55-59-63-67-71-75-81(86)87-76-72-68-64-60-56-52-49-46-43-40-38-36-34-32-30-28-26-24-22-20-21-23-25-27-29-31-33-35-37-39-42-44-47-50-54-58-62-66-70-74-80(85)82-78(77-83)79(84)73-69-65-61-57-53-16-14-12-10-8-6-4-2/h11,13,17-18,69,73,78-79,83-84H,3-10,12,14-16,19-68,70-72,74-77H2,1-2H3,(H,82,85)/b13-11-,18-17-,73-69+. The highest BCUT2D eigenvalue weighted by molar-refractivity contribution is 5.76. The van der Waals surface area contributed by atoms with Crippen LogP contribution in [0.4, 0.5) is 0 Å². The van der Waals surface area contributed by atoms with Gasteiger partial charge in [0.15, 0.2) is 0 Å². The lowest BCUT2D eigenvalue weighted by molar-refractivity contribution is -0.143. The lowest BCUT2D eigenvalue weighted by atomic mass is 10.0. The number of unbranched alkanes of at least 4 members (excludes halogenated alkanes) is 60. The second kappa shape index (κ2) is 76.5. The monoisotopic (exact) mass is 1220 g/mol. The van der Waals surface area contributed by atoms with Gasteiger partial charge in [-0.3, -0.25) is 9.59 Å². The molecule has 0 saturated heterocycles. The first kappa shape index (κ1) is 85.1. The highest BCUT2D eigenvalue weighted by Crippen LogP contribution is 2.20. The van der Waals surface area contributed by atoms with E-state index in [4.69, 9.17) is 4.74 Å². The number of ether oxygens (including phenoxy) is 1. The van der Waals surface area contributed by atoms with Gasteiger partial charge in [-0.25, -0.2) is 0 Å². The Balaban J connectivity index is 3.28. The van der Waals surface area contributed by atoms with Gasteiger partial charge in [0.1, 0.15) is 0 Å². The van der Waals surface area contributed by atoms with Crippen molar-refractivity contribution in [1.29, 1.82) is 0 Å². The van der Waals surface area contributed by atoms with E-state index in [1.807, 2.05) is 6.08 Å². The number of amides is 1. The fraction of sp³-hybridized carbons (Fsp3) is 0.901. The summed E-state index contributed by atoms with van der Waals surface area (Å²) in [6, 6.07) is -0.622. The molecule has 1 amide bonds. The maximum atomic E-state index is 12.5. The number of aliphatic hydroxyl groups is 2. The third kappa shape index (κ3) is 73.0. The first-order chi connectivity index (χ1) is 43.0. The van der Waals surface area contributed by atoms with Crippen LogP contribution in [-0.2, 0) is 14.3 Å². The summed E-state index contributed by atoms with van der Waals surface area (Å²) >= 11 is 0. The van der Waals surface area contributed by atoms with Crippen molar-refractivity contribution in [3.05, 3.63) is 36.5 Å². The lowest BCUT2D eigenvalue weighted by Crippen LogP contribution is -2.45. The van der Waals surface area contributed by atoms with Crippen LogP contribution in [0.5, 0.6) is 0 Å². The fourth-order valence-electron chi connectivity index (χ4n) is 12.6. The number of carbonyl (C=O) groups is 2. The number of nitrogens with one attached hydrogen (secondary N) is 1. The van der Waals surface area contributed by atoms with Gasteiger partial charge in [-0.15, -0.1) is 0 Å². The molecule has 0 aliphatic rings. The molecule has 0 aromatic heterocycles. The number of hydrogen-bond donors (Lipinski definition) is 3. The minimum absolute atomic E-state index is 0.0207. The molecule has 0 fully saturated rings. The SMILES string of the molecule is CCCCC/C=C\C/C=C\CCCCCCCCCCCC(=O)OCCCCCCCCCCCCCCCCCCCCCCCCCCCCCCCCCCCCCCCCCC(=O)NC(CO)C(O)/C=C/CCCCCCCCCCCC. The summed E-state index contributed by atoms with van der Waals surface area (Å²) in [5, 5.41) is 23.1. The van der Waals surface area contributed by atoms with Gasteiger partial charge in [0.2, 0.25) is 5.91 Å². The van der Waals surface area contributed by atoms with Crippen molar-refractivity contribution in [2.75, 3.05) is 13.2 Å². The second-order valence-corrected chi connectivity index (χ2v) is 27.4. The number of esters is 1. The molecule has 0 heterocycles. The van der Waals surface area contributed by atoms with Crippen molar-refractivity contribution in [2.45, 2.75) is 456 Å². The molecule has 0 aliphatic heterocycles. The smallest absolute Gasteiger partial charge is 0.305 e. The van der Waals surface area contributed by atoms with E-state index in [9.17, 15) is 19.8 Å². The van der Waals surface area contributed by atoms with Gasteiger partial charge >= 0.3 is 5.97 Å². The van der Waals surface area contributed by atoms with Gasteiger partial charge in [0.05, 0.1) is 25.4 Å². The Morgan fingerprint density at radius 2 is 0.575 bits per heavy atom. The van der Waals surface area contributed by atoms with Crippen LogP contribution in [0.3, 0.4) is 0 Å². The van der Waals surface area contributed by atoms with E-state index in [0.717, 1.165) is 44.9 Å². The molecule has 514 valence electrons. The van der Waals surface area contributed by atoms with Crippen molar-refractivity contribution in [3.8, 4) is 0 Å². The molecule has 0 rings (SSSR count). The highest BCUT2D eigenvalue weighted by atomic mass is 16.5. The van der Waals surface area contributed by atoms with Crippen molar-refractivity contribution in [2.24, 2.45) is 0 Å². The molecule has 0 saturated carbocycles. The Bertz CT molecular complexity index is 1410. The van der Waals surface area contributed by atoms with Crippen molar-refractivity contribution >= 4 is 11.9 Å². The van der Waals surface area contributed by atoms with Gasteiger partial charge in [-0.05, 0) is 64.2 Å². The molecule has 0 bridgehead atoms. The zero-order valence-electron chi connectivity index (χ0n) is 59.0. The van der Waals surface area contributed by atoms with Crippen molar-refractivity contribution in [3.63, 3.8) is 0 Å². The van der Waals surface area contributed by atoms with Crippen LogP contribution in [0.25, 0.3) is 0 Å². The van der Waals surface area contributed by atoms with Gasteiger partial charge < -0.3 is 20.3 Å². The van der Waals surface area contributed by atoms with Crippen LogP contribution >= 0.6 is 0 Å². The van der Waals surface area contributed by atoms with Gasteiger partial charge in [0, 0.05) is 12.8 Å². The van der Waals surface area contributed by atoms with Gasteiger partial charge in [0.25, 0.3) is 0 Å². The van der Waals surface area contributed by atoms with E-state index in [1.165, 1.54) is 372 Å². The molecule has 3 N–H and O–H groups in total. The molecule has 2 unspecified atom stereocenters. The molecular formula is C81H155NO5. The molecule has 6 nitrogen and oxygen atoms in total. The third-order valence-corrected chi connectivity index (χ3v) is 18.7. The first-order valence-electron chi connectivity index (χ1n) is 39.8. The van der Waals surface area contributed by atoms with Crippen LogP contribution in [0.15, 0.2) is 36.5 Å². The normalized spacial score (nSPS) is 12.6.